The van der Waals surface area contributed by atoms with Crippen molar-refractivity contribution in [3.05, 3.63) is 66.0 Å². The number of benzene rings is 1. The molecule has 1 fully saturated rings. The van der Waals surface area contributed by atoms with Crippen molar-refractivity contribution in [2.24, 2.45) is 5.92 Å². The van der Waals surface area contributed by atoms with Gasteiger partial charge in [-0.15, -0.1) is 0 Å². The lowest BCUT2D eigenvalue weighted by Crippen LogP contribution is -2.35. The lowest BCUT2D eigenvalue weighted by atomic mass is 9.88. The minimum Gasteiger partial charge on any atom is -0.465 e. The third kappa shape index (κ3) is 3.53. The summed E-state index contributed by atoms with van der Waals surface area (Å²) in [5, 5.41) is 12.2. The summed E-state index contributed by atoms with van der Waals surface area (Å²) >= 11 is 0. The highest BCUT2D eigenvalue weighted by Crippen LogP contribution is 2.32. The molecule has 0 aliphatic carbocycles. The lowest BCUT2D eigenvalue weighted by molar-refractivity contribution is -0.125. The van der Waals surface area contributed by atoms with Crippen molar-refractivity contribution in [2.75, 3.05) is 13.1 Å². The van der Waals surface area contributed by atoms with Gasteiger partial charge >= 0.3 is 6.09 Å². The van der Waals surface area contributed by atoms with Gasteiger partial charge in [0, 0.05) is 37.9 Å². The molecule has 0 saturated carbocycles. The first-order chi connectivity index (χ1) is 11.6. The highest BCUT2D eigenvalue weighted by Gasteiger charge is 2.40. The number of nitrogens with one attached hydrogen (secondary N) is 1. The number of amides is 2. The Morgan fingerprint density at radius 1 is 1.12 bits per heavy atom. The van der Waals surface area contributed by atoms with Gasteiger partial charge in [0.05, 0.1) is 5.92 Å². The third-order valence-electron chi connectivity index (χ3n) is 4.37. The Kier molecular flexibility index (Phi) is 4.74. The lowest BCUT2D eigenvalue weighted by Gasteiger charge is -2.18. The summed E-state index contributed by atoms with van der Waals surface area (Å²) in [5.74, 6) is -0.630. The number of nitrogens with zero attached hydrogens (tertiary/aromatic N) is 2. The fourth-order valence-electron chi connectivity index (χ4n) is 3.08. The first-order valence-electron chi connectivity index (χ1n) is 7.84. The topological polar surface area (TPSA) is 82.5 Å². The molecule has 3 rings (SSSR count). The first kappa shape index (κ1) is 16.0. The summed E-state index contributed by atoms with van der Waals surface area (Å²) < 4.78 is 0. The Morgan fingerprint density at radius 2 is 1.83 bits per heavy atom. The maximum Gasteiger partial charge on any atom is 0.407 e. The number of carbonyl (C=O) groups is 2. The van der Waals surface area contributed by atoms with Gasteiger partial charge in [-0.05, 0) is 23.3 Å². The summed E-state index contributed by atoms with van der Waals surface area (Å²) in [6, 6.07) is 13.3. The number of carbonyl (C=O) groups excluding carboxylic acids is 1. The molecule has 0 bridgehead atoms. The van der Waals surface area contributed by atoms with Crippen LogP contribution in [0.4, 0.5) is 4.79 Å². The molecular weight excluding hydrogens is 306 g/mol. The minimum absolute atomic E-state index is 0.121. The molecule has 2 heterocycles. The van der Waals surface area contributed by atoms with Crippen LogP contribution in [0.3, 0.4) is 0 Å². The van der Waals surface area contributed by atoms with Gasteiger partial charge in [-0.25, -0.2) is 4.79 Å². The highest BCUT2D eigenvalue weighted by molar-refractivity contribution is 5.81. The van der Waals surface area contributed by atoms with E-state index in [4.69, 9.17) is 0 Å². The SMILES string of the molecule is O=C(NCc1ccncc1)[C@H]1CN(C(=O)O)C[C@@H]1c1ccccc1. The van der Waals surface area contributed by atoms with Gasteiger partial charge in [0.1, 0.15) is 0 Å². The summed E-state index contributed by atoms with van der Waals surface area (Å²) in [5.41, 5.74) is 1.95. The molecule has 124 valence electrons. The molecule has 1 saturated heterocycles. The van der Waals surface area contributed by atoms with E-state index < -0.39 is 6.09 Å². The van der Waals surface area contributed by atoms with Crippen LogP contribution in [0.2, 0.25) is 0 Å². The molecule has 1 aromatic heterocycles. The molecule has 1 aromatic carbocycles. The maximum atomic E-state index is 12.6. The molecule has 0 spiro atoms. The van der Waals surface area contributed by atoms with Crippen molar-refractivity contribution in [1.82, 2.24) is 15.2 Å². The smallest absolute Gasteiger partial charge is 0.407 e. The Labute approximate surface area is 140 Å². The molecular formula is C18H19N3O3. The van der Waals surface area contributed by atoms with E-state index in [0.29, 0.717) is 13.1 Å². The van der Waals surface area contributed by atoms with Crippen molar-refractivity contribution in [3.8, 4) is 0 Å². The average Bonchev–Trinajstić information content (AvgIpc) is 3.07. The molecule has 2 aromatic rings. The normalized spacial score (nSPS) is 19.9. The molecule has 2 N–H and O–H groups in total. The molecule has 2 atom stereocenters. The van der Waals surface area contributed by atoms with Crippen LogP contribution in [0.25, 0.3) is 0 Å². The van der Waals surface area contributed by atoms with E-state index in [1.54, 1.807) is 12.4 Å². The summed E-state index contributed by atoms with van der Waals surface area (Å²) in [7, 11) is 0. The molecule has 0 radical (unpaired) electrons. The van der Waals surface area contributed by atoms with E-state index in [9.17, 15) is 14.7 Å². The van der Waals surface area contributed by atoms with Crippen LogP contribution < -0.4 is 5.32 Å². The Bertz CT molecular complexity index is 706. The number of likely N-dealkylation sites (tertiary alicyclic amines) is 1. The van der Waals surface area contributed by atoms with Crippen molar-refractivity contribution in [2.45, 2.75) is 12.5 Å². The van der Waals surface area contributed by atoms with E-state index in [1.165, 1.54) is 4.90 Å². The average molecular weight is 325 g/mol. The number of hydrogen-bond acceptors (Lipinski definition) is 3. The molecule has 1 aliphatic rings. The van der Waals surface area contributed by atoms with E-state index >= 15 is 0 Å². The Morgan fingerprint density at radius 3 is 2.50 bits per heavy atom. The van der Waals surface area contributed by atoms with Gasteiger partial charge in [0.15, 0.2) is 0 Å². The summed E-state index contributed by atoms with van der Waals surface area (Å²) in [6.07, 6.45) is 2.37. The van der Waals surface area contributed by atoms with Crippen LogP contribution in [-0.4, -0.2) is 40.1 Å². The largest absolute Gasteiger partial charge is 0.465 e. The third-order valence-corrected chi connectivity index (χ3v) is 4.37. The molecule has 24 heavy (non-hydrogen) atoms. The number of carboxylic acid groups (broad SMARTS) is 1. The van der Waals surface area contributed by atoms with Gasteiger partial charge in [-0.3, -0.25) is 9.78 Å². The predicted molar refractivity (Wildman–Crippen MR) is 88.4 cm³/mol. The van der Waals surface area contributed by atoms with Crippen molar-refractivity contribution in [1.29, 1.82) is 0 Å². The number of aromatic nitrogens is 1. The van der Waals surface area contributed by atoms with Crippen LogP contribution in [-0.2, 0) is 11.3 Å². The second kappa shape index (κ2) is 7.12. The van der Waals surface area contributed by atoms with Crippen LogP contribution in [0.1, 0.15) is 17.0 Å². The Hall–Kier alpha value is -2.89. The summed E-state index contributed by atoms with van der Waals surface area (Å²) in [6.45, 7) is 0.968. The van der Waals surface area contributed by atoms with E-state index in [0.717, 1.165) is 11.1 Å². The number of hydrogen-bond donors (Lipinski definition) is 2. The van der Waals surface area contributed by atoms with Crippen molar-refractivity contribution < 1.29 is 14.7 Å². The van der Waals surface area contributed by atoms with Crippen LogP contribution >= 0.6 is 0 Å². The molecule has 6 heteroatoms. The van der Waals surface area contributed by atoms with E-state index in [-0.39, 0.29) is 24.3 Å². The van der Waals surface area contributed by atoms with Crippen molar-refractivity contribution >= 4 is 12.0 Å². The van der Waals surface area contributed by atoms with Gasteiger partial charge < -0.3 is 15.3 Å². The Balaban J connectivity index is 1.73. The van der Waals surface area contributed by atoms with E-state index in [1.807, 2.05) is 42.5 Å². The monoisotopic (exact) mass is 325 g/mol. The minimum atomic E-state index is -0.986. The van der Waals surface area contributed by atoms with Gasteiger partial charge in [0.2, 0.25) is 5.91 Å². The van der Waals surface area contributed by atoms with Gasteiger partial charge in [-0.2, -0.15) is 0 Å². The maximum absolute atomic E-state index is 12.6. The van der Waals surface area contributed by atoms with Gasteiger partial charge in [-0.1, -0.05) is 30.3 Å². The molecule has 0 unspecified atom stereocenters. The molecule has 2 amide bonds. The number of rotatable bonds is 4. The fourth-order valence-corrected chi connectivity index (χ4v) is 3.08. The van der Waals surface area contributed by atoms with Crippen LogP contribution in [0, 0.1) is 5.92 Å². The molecule has 1 aliphatic heterocycles. The summed E-state index contributed by atoms with van der Waals surface area (Å²) in [4.78, 5) is 29.2. The highest BCUT2D eigenvalue weighted by atomic mass is 16.4. The van der Waals surface area contributed by atoms with E-state index in [2.05, 4.69) is 10.3 Å². The fraction of sp³-hybridized carbons (Fsp3) is 0.278. The van der Waals surface area contributed by atoms with Gasteiger partial charge in [0.25, 0.3) is 0 Å². The zero-order valence-electron chi connectivity index (χ0n) is 13.1. The van der Waals surface area contributed by atoms with Crippen LogP contribution in [0.15, 0.2) is 54.9 Å². The second-order valence-corrected chi connectivity index (χ2v) is 5.88. The molecule has 6 nitrogen and oxygen atoms in total. The number of pyridine rings is 1. The zero-order chi connectivity index (χ0) is 16.9. The van der Waals surface area contributed by atoms with Crippen molar-refractivity contribution in [3.63, 3.8) is 0 Å². The standard InChI is InChI=1S/C18H19N3O3/c22-17(20-10-13-6-8-19-9-7-13)16-12-21(18(23)24)11-15(16)14-4-2-1-3-5-14/h1-9,15-16H,10-12H2,(H,20,22)(H,23,24)/t15-,16+/m1/s1. The predicted octanol–water partition coefficient (Wildman–Crippen LogP) is 2.09. The first-order valence-corrected chi connectivity index (χ1v) is 7.84. The quantitative estimate of drug-likeness (QED) is 0.902. The van der Waals surface area contributed by atoms with Crippen LogP contribution in [0.5, 0.6) is 0 Å². The zero-order valence-corrected chi connectivity index (χ0v) is 13.1. The second-order valence-electron chi connectivity index (χ2n) is 5.88.